The summed E-state index contributed by atoms with van der Waals surface area (Å²) in [6.07, 6.45) is 0. The Kier molecular flexibility index (Phi) is 3.91. The van der Waals surface area contributed by atoms with E-state index in [4.69, 9.17) is 0 Å². The third kappa shape index (κ3) is 3.15. The first-order valence-corrected chi connectivity index (χ1v) is 6.64. The van der Waals surface area contributed by atoms with Crippen LogP contribution in [0.15, 0.2) is 54.6 Å². The van der Waals surface area contributed by atoms with Gasteiger partial charge in [-0.2, -0.15) is 0 Å². The summed E-state index contributed by atoms with van der Waals surface area (Å²) in [7, 11) is 8.72. The van der Waals surface area contributed by atoms with E-state index in [0.29, 0.717) is 0 Å². The van der Waals surface area contributed by atoms with Crippen LogP contribution in [0.2, 0.25) is 0 Å². The third-order valence-corrected chi connectivity index (χ3v) is 3.44. The number of nitrogens with zero attached hydrogens (tertiary/aromatic N) is 2. The van der Waals surface area contributed by atoms with E-state index < -0.39 is 0 Å². The fourth-order valence-electron chi connectivity index (χ4n) is 2.48. The largest absolute Gasteiger partial charge is 0.373 e. The summed E-state index contributed by atoms with van der Waals surface area (Å²) in [4.78, 5) is 2.18. The summed E-state index contributed by atoms with van der Waals surface area (Å²) >= 11 is 0. The molecule has 2 heteroatoms. The van der Waals surface area contributed by atoms with E-state index in [2.05, 4.69) is 87.7 Å². The van der Waals surface area contributed by atoms with Gasteiger partial charge in [0.25, 0.3) is 0 Å². The fourth-order valence-corrected chi connectivity index (χ4v) is 2.48. The summed E-state index contributed by atoms with van der Waals surface area (Å²) in [5, 5.41) is 0. The molecule has 0 atom stereocenters. The molecule has 2 aromatic carbocycles. The molecule has 0 aromatic heterocycles. The molecule has 2 aromatic rings. The molecule has 2 nitrogen and oxygen atoms in total. The Hall–Kier alpha value is -1.80. The maximum absolute atomic E-state index is 2.26. The minimum Gasteiger partial charge on any atom is -0.373 e. The SMILES string of the molecule is CN(C)c1ccccc1[N+](C)(C)Cc1ccccc1. The molecule has 0 fully saturated rings. The van der Waals surface area contributed by atoms with Crippen LogP contribution in [0.4, 0.5) is 11.4 Å². The topological polar surface area (TPSA) is 3.24 Å². The summed E-state index contributed by atoms with van der Waals surface area (Å²) in [6, 6.07) is 19.3. The van der Waals surface area contributed by atoms with E-state index in [-0.39, 0.29) is 0 Å². The van der Waals surface area contributed by atoms with Crippen LogP contribution in [-0.4, -0.2) is 28.2 Å². The van der Waals surface area contributed by atoms with E-state index in [9.17, 15) is 0 Å². The van der Waals surface area contributed by atoms with Crippen LogP contribution in [0.3, 0.4) is 0 Å². The van der Waals surface area contributed by atoms with Crippen molar-refractivity contribution in [2.75, 3.05) is 33.1 Å². The normalized spacial score (nSPS) is 11.4. The number of hydrogen-bond acceptors (Lipinski definition) is 1. The number of anilines is 1. The molecule has 0 unspecified atom stereocenters. The first-order valence-electron chi connectivity index (χ1n) is 6.64. The molecular weight excluding hydrogens is 232 g/mol. The highest BCUT2D eigenvalue weighted by Gasteiger charge is 2.23. The predicted molar refractivity (Wildman–Crippen MR) is 84.6 cm³/mol. The molecule has 0 saturated heterocycles. The second kappa shape index (κ2) is 5.45. The Balaban J connectivity index is 2.34. The van der Waals surface area contributed by atoms with Crippen LogP contribution in [0.1, 0.15) is 5.56 Å². The van der Waals surface area contributed by atoms with E-state index >= 15 is 0 Å². The lowest BCUT2D eigenvalue weighted by atomic mass is 10.1. The van der Waals surface area contributed by atoms with Gasteiger partial charge in [0, 0.05) is 25.7 Å². The van der Waals surface area contributed by atoms with Crippen LogP contribution in [0, 0.1) is 0 Å². The molecule has 0 saturated carbocycles. The third-order valence-electron chi connectivity index (χ3n) is 3.44. The lowest BCUT2D eigenvalue weighted by Crippen LogP contribution is -2.40. The molecular formula is C17H23N2+. The maximum atomic E-state index is 2.26. The second-order valence-corrected chi connectivity index (χ2v) is 5.71. The van der Waals surface area contributed by atoms with Crippen molar-refractivity contribution in [3.63, 3.8) is 0 Å². The number of rotatable bonds is 4. The van der Waals surface area contributed by atoms with Crippen LogP contribution in [-0.2, 0) is 6.54 Å². The molecule has 0 bridgehead atoms. The van der Waals surface area contributed by atoms with E-state index in [0.717, 1.165) is 11.0 Å². The van der Waals surface area contributed by atoms with Crippen molar-refractivity contribution in [1.29, 1.82) is 0 Å². The molecule has 0 radical (unpaired) electrons. The van der Waals surface area contributed by atoms with Gasteiger partial charge in [-0.15, -0.1) is 0 Å². The molecule has 0 aliphatic rings. The van der Waals surface area contributed by atoms with Gasteiger partial charge in [0.2, 0.25) is 0 Å². The van der Waals surface area contributed by atoms with Gasteiger partial charge in [-0.1, -0.05) is 42.5 Å². The molecule has 0 amide bonds. The Morgan fingerprint density at radius 3 is 2.05 bits per heavy atom. The molecule has 19 heavy (non-hydrogen) atoms. The van der Waals surface area contributed by atoms with Gasteiger partial charge in [0.1, 0.15) is 6.54 Å². The van der Waals surface area contributed by atoms with Crippen molar-refractivity contribution in [3.05, 3.63) is 60.2 Å². The number of benzene rings is 2. The van der Waals surface area contributed by atoms with Crippen molar-refractivity contribution in [2.24, 2.45) is 0 Å². The van der Waals surface area contributed by atoms with Gasteiger partial charge in [0.15, 0.2) is 5.69 Å². The molecule has 0 spiro atoms. The van der Waals surface area contributed by atoms with E-state index in [1.54, 1.807) is 0 Å². The van der Waals surface area contributed by atoms with E-state index in [1.165, 1.54) is 16.9 Å². The lowest BCUT2D eigenvalue weighted by molar-refractivity contribution is 0.392. The monoisotopic (exact) mass is 255 g/mol. The number of hydrogen-bond donors (Lipinski definition) is 0. The average molecular weight is 255 g/mol. The number of quaternary nitrogens is 1. The lowest BCUT2D eigenvalue weighted by Gasteiger charge is -2.32. The molecule has 0 aliphatic carbocycles. The summed E-state index contributed by atoms with van der Waals surface area (Å²) in [6.45, 7) is 0.992. The first-order chi connectivity index (χ1) is 9.00. The van der Waals surface area contributed by atoms with E-state index in [1.807, 2.05) is 0 Å². The highest BCUT2D eigenvalue weighted by molar-refractivity contribution is 5.68. The molecule has 2 rings (SSSR count). The Labute approximate surface area is 116 Å². The summed E-state index contributed by atoms with van der Waals surface area (Å²) in [5.74, 6) is 0. The van der Waals surface area contributed by atoms with Crippen LogP contribution < -0.4 is 9.38 Å². The molecule has 0 heterocycles. The van der Waals surface area contributed by atoms with Crippen molar-refractivity contribution < 1.29 is 0 Å². The minimum absolute atomic E-state index is 0.846. The minimum atomic E-state index is 0.846. The standard InChI is InChI=1S/C17H23N2/c1-18(2)16-12-8-9-13-17(16)19(3,4)14-15-10-6-5-7-11-15/h5-13H,14H2,1-4H3/q+1. The molecule has 0 N–H and O–H groups in total. The fraction of sp³-hybridized carbons (Fsp3) is 0.294. The molecule has 100 valence electrons. The second-order valence-electron chi connectivity index (χ2n) is 5.71. The van der Waals surface area contributed by atoms with Crippen molar-refractivity contribution in [2.45, 2.75) is 6.54 Å². The number of para-hydroxylation sites is 2. The van der Waals surface area contributed by atoms with Gasteiger partial charge >= 0.3 is 0 Å². The Morgan fingerprint density at radius 2 is 1.42 bits per heavy atom. The zero-order valence-corrected chi connectivity index (χ0v) is 12.3. The highest BCUT2D eigenvalue weighted by Crippen LogP contribution is 2.32. The first kappa shape index (κ1) is 13.6. The van der Waals surface area contributed by atoms with Crippen molar-refractivity contribution in [1.82, 2.24) is 4.48 Å². The van der Waals surface area contributed by atoms with Gasteiger partial charge in [-0.25, -0.2) is 0 Å². The molecule has 0 aliphatic heterocycles. The smallest absolute Gasteiger partial charge is 0.156 e. The summed E-state index contributed by atoms with van der Waals surface area (Å²) < 4.78 is 0.846. The quantitative estimate of drug-likeness (QED) is 0.756. The van der Waals surface area contributed by atoms with Gasteiger partial charge in [-0.3, -0.25) is 4.48 Å². The van der Waals surface area contributed by atoms with Gasteiger partial charge in [0.05, 0.1) is 19.8 Å². The maximum Gasteiger partial charge on any atom is 0.156 e. The van der Waals surface area contributed by atoms with Gasteiger partial charge < -0.3 is 4.90 Å². The predicted octanol–water partition coefficient (Wildman–Crippen LogP) is 3.52. The van der Waals surface area contributed by atoms with Crippen LogP contribution in [0.25, 0.3) is 0 Å². The summed E-state index contributed by atoms with van der Waals surface area (Å²) in [5.41, 5.74) is 3.99. The zero-order valence-electron chi connectivity index (χ0n) is 12.3. The average Bonchev–Trinajstić information content (AvgIpc) is 2.39. The van der Waals surface area contributed by atoms with Crippen LogP contribution >= 0.6 is 0 Å². The highest BCUT2D eigenvalue weighted by atomic mass is 15.3. The van der Waals surface area contributed by atoms with Gasteiger partial charge in [-0.05, 0) is 6.07 Å². The van der Waals surface area contributed by atoms with Crippen LogP contribution in [0.5, 0.6) is 0 Å². The van der Waals surface area contributed by atoms with Crippen molar-refractivity contribution in [3.8, 4) is 0 Å². The zero-order chi connectivity index (χ0) is 13.9. The Bertz CT molecular complexity index is 530. The Morgan fingerprint density at radius 1 is 0.842 bits per heavy atom. The van der Waals surface area contributed by atoms with Crippen molar-refractivity contribution >= 4 is 11.4 Å².